The van der Waals surface area contributed by atoms with Crippen molar-refractivity contribution in [3.8, 4) is 0 Å². The van der Waals surface area contributed by atoms with Gasteiger partial charge in [-0.1, -0.05) is 19.3 Å². The van der Waals surface area contributed by atoms with Crippen LogP contribution >= 0.6 is 0 Å². The highest BCUT2D eigenvalue weighted by atomic mass is 16.5. The Morgan fingerprint density at radius 1 is 1.19 bits per heavy atom. The number of rotatable bonds is 5. The third-order valence-electron chi connectivity index (χ3n) is 3.91. The van der Waals surface area contributed by atoms with E-state index in [0.717, 1.165) is 39.0 Å². The highest BCUT2D eigenvalue weighted by molar-refractivity contribution is 4.84. The Hall–Kier alpha value is -0.120. The topological polar surface area (TPSA) is 41.5 Å². The molecule has 94 valence electrons. The Morgan fingerprint density at radius 2 is 2.00 bits per heavy atom. The Balaban J connectivity index is 1.56. The van der Waals surface area contributed by atoms with Crippen LogP contribution in [0.2, 0.25) is 0 Å². The van der Waals surface area contributed by atoms with Gasteiger partial charge in [0.05, 0.1) is 11.7 Å². The van der Waals surface area contributed by atoms with Crippen molar-refractivity contribution in [2.45, 2.75) is 63.1 Å². The van der Waals surface area contributed by atoms with Crippen molar-refractivity contribution in [3.63, 3.8) is 0 Å². The molecule has 2 fully saturated rings. The van der Waals surface area contributed by atoms with Gasteiger partial charge in [-0.15, -0.1) is 0 Å². The third kappa shape index (κ3) is 3.72. The zero-order valence-electron chi connectivity index (χ0n) is 10.2. The van der Waals surface area contributed by atoms with Crippen molar-refractivity contribution >= 4 is 0 Å². The second kappa shape index (κ2) is 5.99. The molecule has 0 aromatic heterocycles. The van der Waals surface area contributed by atoms with Gasteiger partial charge in [0.2, 0.25) is 0 Å². The molecule has 1 saturated carbocycles. The second-order valence-electron chi connectivity index (χ2n) is 5.39. The molecule has 3 nitrogen and oxygen atoms in total. The molecule has 0 radical (unpaired) electrons. The van der Waals surface area contributed by atoms with E-state index >= 15 is 0 Å². The maximum atomic E-state index is 10.3. The first-order valence-corrected chi connectivity index (χ1v) is 6.83. The van der Waals surface area contributed by atoms with Gasteiger partial charge in [0.15, 0.2) is 0 Å². The van der Waals surface area contributed by atoms with Gasteiger partial charge in [0, 0.05) is 13.2 Å². The van der Waals surface area contributed by atoms with Crippen LogP contribution in [0.1, 0.15) is 51.4 Å². The second-order valence-corrected chi connectivity index (χ2v) is 5.39. The van der Waals surface area contributed by atoms with Crippen molar-refractivity contribution in [1.82, 2.24) is 5.32 Å². The average Bonchev–Trinajstić information content (AvgIpc) is 2.78. The molecule has 0 amide bonds. The molecule has 1 heterocycles. The molecule has 1 saturated heterocycles. The number of hydrogen-bond donors (Lipinski definition) is 2. The molecule has 16 heavy (non-hydrogen) atoms. The van der Waals surface area contributed by atoms with Crippen molar-refractivity contribution < 1.29 is 9.84 Å². The molecule has 0 spiro atoms. The zero-order valence-corrected chi connectivity index (χ0v) is 10.2. The van der Waals surface area contributed by atoms with E-state index in [2.05, 4.69) is 5.32 Å². The summed E-state index contributed by atoms with van der Waals surface area (Å²) < 4.78 is 5.57. The molecule has 1 aliphatic heterocycles. The van der Waals surface area contributed by atoms with Crippen LogP contribution in [0.25, 0.3) is 0 Å². The number of nitrogens with one attached hydrogen (secondary N) is 1. The van der Waals surface area contributed by atoms with E-state index in [0.29, 0.717) is 6.10 Å². The first-order valence-electron chi connectivity index (χ1n) is 6.83. The van der Waals surface area contributed by atoms with Crippen LogP contribution in [0.4, 0.5) is 0 Å². The lowest BCUT2D eigenvalue weighted by Gasteiger charge is -2.32. The molecule has 3 heteroatoms. The quantitative estimate of drug-likeness (QED) is 0.704. The van der Waals surface area contributed by atoms with Gasteiger partial charge < -0.3 is 15.2 Å². The summed E-state index contributed by atoms with van der Waals surface area (Å²) in [7, 11) is 0. The fourth-order valence-electron chi connectivity index (χ4n) is 2.84. The largest absolute Gasteiger partial charge is 0.389 e. The van der Waals surface area contributed by atoms with Crippen LogP contribution in [0.3, 0.4) is 0 Å². The molecular weight excluding hydrogens is 202 g/mol. The Bertz CT molecular complexity index is 196. The molecule has 2 aliphatic rings. The Kier molecular flexibility index (Phi) is 4.62. The highest BCUT2D eigenvalue weighted by Crippen LogP contribution is 2.27. The van der Waals surface area contributed by atoms with Crippen molar-refractivity contribution in [2.24, 2.45) is 0 Å². The van der Waals surface area contributed by atoms with E-state index < -0.39 is 5.60 Å². The van der Waals surface area contributed by atoms with Crippen LogP contribution in [0, 0.1) is 0 Å². The van der Waals surface area contributed by atoms with Crippen LogP contribution in [-0.4, -0.2) is 36.5 Å². The summed E-state index contributed by atoms with van der Waals surface area (Å²) in [5.41, 5.74) is -0.422. The molecule has 2 rings (SSSR count). The van der Waals surface area contributed by atoms with Crippen molar-refractivity contribution in [1.29, 1.82) is 0 Å². The van der Waals surface area contributed by atoms with Gasteiger partial charge in [-0.25, -0.2) is 0 Å². The van der Waals surface area contributed by atoms with E-state index in [9.17, 15) is 5.11 Å². The zero-order chi connectivity index (χ0) is 11.3. The maximum Gasteiger partial charge on any atom is 0.0771 e. The van der Waals surface area contributed by atoms with Crippen LogP contribution in [0.15, 0.2) is 0 Å². The van der Waals surface area contributed by atoms with Crippen LogP contribution < -0.4 is 5.32 Å². The number of ether oxygens (including phenoxy) is 1. The van der Waals surface area contributed by atoms with Gasteiger partial charge in [0.25, 0.3) is 0 Å². The van der Waals surface area contributed by atoms with Gasteiger partial charge >= 0.3 is 0 Å². The fraction of sp³-hybridized carbons (Fsp3) is 1.00. The molecule has 1 atom stereocenters. The Morgan fingerprint density at radius 3 is 2.69 bits per heavy atom. The summed E-state index contributed by atoms with van der Waals surface area (Å²) in [6.07, 6.45) is 9.59. The fourth-order valence-corrected chi connectivity index (χ4v) is 2.84. The van der Waals surface area contributed by atoms with E-state index in [1.807, 2.05) is 0 Å². The summed E-state index contributed by atoms with van der Waals surface area (Å²) in [4.78, 5) is 0. The predicted molar refractivity (Wildman–Crippen MR) is 64.5 cm³/mol. The minimum Gasteiger partial charge on any atom is -0.389 e. The normalized spacial score (nSPS) is 29.4. The monoisotopic (exact) mass is 227 g/mol. The van der Waals surface area contributed by atoms with Gasteiger partial charge in [-0.3, -0.25) is 0 Å². The lowest BCUT2D eigenvalue weighted by molar-refractivity contribution is 0.00408. The van der Waals surface area contributed by atoms with Gasteiger partial charge in [-0.2, -0.15) is 0 Å². The predicted octanol–water partition coefficient (Wildman–Crippen LogP) is 1.84. The molecule has 1 aliphatic carbocycles. The molecule has 2 N–H and O–H groups in total. The summed E-state index contributed by atoms with van der Waals surface area (Å²) in [5, 5.41) is 13.7. The van der Waals surface area contributed by atoms with E-state index in [-0.39, 0.29) is 0 Å². The molecule has 0 aromatic rings. The highest BCUT2D eigenvalue weighted by Gasteiger charge is 2.28. The minimum absolute atomic E-state index is 0.422. The lowest BCUT2D eigenvalue weighted by Crippen LogP contribution is -2.42. The van der Waals surface area contributed by atoms with E-state index in [4.69, 9.17) is 4.74 Å². The Labute approximate surface area is 98.6 Å². The van der Waals surface area contributed by atoms with E-state index in [1.54, 1.807) is 0 Å². The van der Waals surface area contributed by atoms with Crippen molar-refractivity contribution in [3.05, 3.63) is 0 Å². The van der Waals surface area contributed by atoms with Gasteiger partial charge in [0.1, 0.15) is 0 Å². The molecule has 0 aromatic carbocycles. The SMILES string of the molecule is OC1(CNCCC2CCCO2)CCCCC1. The van der Waals surface area contributed by atoms with Crippen molar-refractivity contribution in [2.75, 3.05) is 19.7 Å². The number of aliphatic hydroxyl groups is 1. The lowest BCUT2D eigenvalue weighted by atomic mass is 9.85. The average molecular weight is 227 g/mol. The maximum absolute atomic E-state index is 10.3. The van der Waals surface area contributed by atoms with Gasteiger partial charge in [-0.05, 0) is 38.6 Å². The molecule has 1 unspecified atom stereocenters. The molecular formula is C13H25NO2. The van der Waals surface area contributed by atoms with Crippen LogP contribution in [-0.2, 0) is 4.74 Å². The smallest absolute Gasteiger partial charge is 0.0771 e. The standard InChI is InChI=1S/C13H25NO2/c15-13(7-2-1-3-8-13)11-14-9-6-12-5-4-10-16-12/h12,14-15H,1-11H2. The number of hydrogen-bond acceptors (Lipinski definition) is 3. The summed E-state index contributed by atoms with van der Waals surface area (Å²) in [6, 6.07) is 0. The van der Waals surface area contributed by atoms with E-state index in [1.165, 1.54) is 32.1 Å². The summed E-state index contributed by atoms with van der Waals surface area (Å²) in [5.74, 6) is 0. The third-order valence-corrected chi connectivity index (χ3v) is 3.91. The first kappa shape index (κ1) is 12.3. The summed E-state index contributed by atoms with van der Waals surface area (Å²) in [6.45, 7) is 2.68. The molecule has 0 bridgehead atoms. The first-order chi connectivity index (χ1) is 7.79. The van der Waals surface area contributed by atoms with Crippen LogP contribution in [0.5, 0.6) is 0 Å². The summed E-state index contributed by atoms with van der Waals surface area (Å²) >= 11 is 0. The minimum atomic E-state index is -0.422.